The number of nitro groups is 1. The lowest BCUT2D eigenvalue weighted by molar-refractivity contribution is -0.385. The number of hydrazine groups is 1. The summed E-state index contributed by atoms with van der Waals surface area (Å²) >= 11 is 0. The molecule has 4 N–H and O–H groups in total. The Morgan fingerprint density at radius 3 is 2.23 bits per heavy atom. The second-order valence-corrected chi connectivity index (χ2v) is 8.60. The van der Waals surface area contributed by atoms with Crippen molar-refractivity contribution < 1.29 is 37.2 Å². The van der Waals surface area contributed by atoms with Crippen molar-refractivity contribution in [2.45, 2.75) is 19.1 Å². The van der Waals surface area contributed by atoms with Crippen LogP contribution in [0.2, 0.25) is 0 Å². The van der Waals surface area contributed by atoms with Gasteiger partial charge >= 0.3 is 17.8 Å². The number of nitrogens with zero attached hydrogens (tertiary/aromatic N) is 1. The Bertz CT molecular complexity index is 1550. The molecule has 0 saturated carbocycles. The molecule has 1 heterocycles. The molecule has 40 heavy (non-hydrogen) atoms. The number of rotatable bonds is 7. The van der Waals surface area contributed by atoms with E-state index >= 15 is 0 Å². The minimum atomic E-state index is -4.41. The van der Waals surface area contributed by atoms with Crippen LogP contribution < -0.4 is 16.2 Å². The number of halogens is 3. The number of anilines is 1. The Labute approximate surface area is 224 Å². The third-order valence-corrected chi connectivity index (χ3v) is 5.91. The summed E-state index contributed by atoms with van der Waals surface area (Å²) in [4.78, 5) is 35.1. The maximum Gasteiger partial charge on any atom is 0.416 e. The van der Waals surface area contributed by atoms with Gasteiger partial charge in [0.15, 0.2) is 5.75 Å². The van der Waals surface area contributed by atoms with Crippen molar-refractivity contribution in [3.8, 4) is 16.9 Å². The molecule has 0 radical (unpaired) electrons. The van der Waals surface area contributed by atoms with Gasteiger partial charge < -0.3 is 14.8 Å². The number of nitro benzene ring substituents is 1. The lowest BCUT2D eigenvalue weighted by atomic mass is 10.0. The Morgan fingerprint density at radius 1 is 0.950 bits per heavy atom. The van der Waals surface area contributed by atoms with Gasteiger partial charge in [0.25, 0.3) is 5.91 Å². The first kappa shape index (κ1) is 27.7. The Kier molecular flexibility index (Phi) is 7.75. The van der Waals surface area contributed by atoms with E-state index in [2.05, 4.69) is 16.2 Å². The molecule has 1 unspecified atom stereocenters. The van der Waals surface area contributed by atoms with Gasteiger partial charge in [-0.3, -0.25) is 30.6 Å². The van der Waals surface area contributed by atoms with E-state index in [0.717, 1.165) is 30.3 Å². The Hall–Kier alpha value is -5.33. The molecule has 0 spiro atoms. The highest BCUT2D eigenvalue weighted by molar-refractivity contribution is 6.01. The highest BCUT2D eigenvalue weighted by Gasteiger charge is 2.30. The van der Waals surface area contributed by atoms with E-state index < -0.39 is 39.9 Å². The van der Waals surface area contributed by atoms with E-state index in [1.165, 1.54) is 18.4 Å². The number of benzene rings is 3. The molecule has 4 rings (SSSR count). The minimum Gasteiger partial charge on any atom is -0.502 e. The maximum atomic E-state index is 12.8. The third-order valence-electron chi connectivity index (χ3n) is 5.91. The van der Waals surface area contributed by atoms with E-state index in [-0.39, 0.29) is 17.4 Å². The summed E-state index contributed by atoms with van der Waals surface area (Å²) in [6.45, 7) is 1.81. The minimum absolute atomic E-state index is 0.115. The average Bonchev–Trinajstić information content (AvgIpc) is 3.42. The molecule has 0 aliphatic heterocycles. The normalized spacial score (nSPS) is 11.9. The van der Waals surface area contributed by atoms with Crippen LogP contribution in [0.25, 0.3) is 11.1 Å². The number of amides is 2. The van der Waals surface area contributed by atoms with Crippen molar-refractivity contribution in [1.82, 2.24) is 10.9 Å². The zero-order valence-corrected chi connectivity index (χ0v) is 20.7. The standard InChI is InChI=1S/C27H21F3N4O6/c1-15(16-2-7-19(8-3-16)27(28,29)30)31-20-9-4-17(5-10-20)21-12-13-40-24(21)26(37)33-32-25(36)18-6-11-23(35)22(14-18)34(38)39/h2-15,31,35H,1H3,(H,32,36)(H,33,37). The second-order valence-electron chi connectivity index (χ2n) is 8.60. The summed E-state index contributed by atoms with van der Waals surface area (Å²) in [6.07, 6.45) is -3.12. The van der Waals surface area contributed by atoms with Gasteiger partial charge in [-0.25, -0.2) is 0 Å². The summed E-state index contributed by atoms with van der Waals surface area (Å²) in [5, 5.41) is 23.7. The molecule has 2 amide bonds. The van der Waals surface area contributed by atoms with E-state index in [4.69, 9.17) is 4.42 Å². The number of carbonyl (C=O) groups excluding carboxylic acids is 2. The summed E-state index contributed by atoms with van der Waals surface area (Å²) in [5.74, 6) is -2.38. The number of phenols is 1. The van der Waals surface area contributed by atoms with Crippen LogP contribution in [-0.4, -0.2) is 21.8 Å². The monoisotopic (exact) mass is 554 g/mol. The lowest BCUT2D eigenvalue weighted by Gasteiger charge is -2.17. The van der Waals surface area contributed by atoms with Crippen LogP contribution in [-0.2, 0) is 6.18 Å². The van der Waals surface area contributed by atoms with E-state index in [1.54, 1.807) is 37.3 Å². The Morgan fingerprint density at radius 2 is 1.60 bits per heavy atom. The molecular weight excluding hydrogens is 533 g/mol. The SMILES string of the molecule is CC(Nc1ccc(-c2ccoc2C(=O)NNC(=O)c2ccc(O)c([N+](=O)[O-])c2)cc1)c1ccc(C(F)(F)F)cc1. The van der Waals surface area contributed by atoms with E-state index in [0.29, 0.717) is 22.4 Å². The van der Waals surface area contributed by atoms with Crippen molar-refractivity contribution in [3.63, 3.8) is 0 Å². The molecule has 0 aliphatic carbocycles. The average molecular weight is 554 g/mol. The number of hydrogen-bond donors (Lipinski definition) is 4. The highest BCUT2D eigenvalue weighted by Crippen LogP contribution is 2.31. The number of alkyl halides is 3. The molecule has 0 aliphatic rings. The Balaban J connectivity index is 1.40. The first-order valence-corrected chi connectivity index (χ1v) is 11.6. The van der Waals surface area contributed by atoms with E-state index in [1.807, 2.05) is 0 Å². The van der Waals surface area contributed by atoms with Gasteiger partial charge in [-0.05, 0) is 60.5 Å². The van der Waals surface area contributed by atoms with Gasteiger partial charge in [0, 0.05) is 28.9 Å². The largest absolute Gasteiger partial charge is 0.502 e. The van der Waals surface area contributed by atoms with Crippen molar-refractivity contribution in [2.24, 2.45) is 0 Å². The van der Waals surface area contributed by atoms with Gasteiger partial charge in [-0.1, -0.05) is 24.3 Å². The van der Waals surface area contributed by atoms with Crippen molar-refractivity contribution in [2.75, 3.05) is 5.32 Å². The topological polar surface area (TPSA) is 147 Å². The molecule has 0 fully saturated rings. The smallest absolute Gasteiger partial charge is 0.416 e. The molecule has 206 valence electrons. The van der Waals surface area contributed by atoms with Gasteiger partial charge in [0.05, 0.1) is 16.7 Å². The van der Waals surface area contributed by atoms with Crippen LogP contribution in [0, 0.1) is 10.1 Å². The van der Waals surface area contributed by atoms with Crippen molar-refractivity contribution >= 4 is 23.2 Å². The first-order valence-electron chi connectivity index (χ1n) is 11.6. The van der Waals surface area contributed by atoms with Crippen LogP contribution in [0.3, 0.4) is 0 Å². The summed E-state index contributed by atoms with van der Waals surface area (Å²) in [6, 6.07) is 16.0. The fourth-order valence-corrected chi connectivity index (χ4v) is 3.81. The second kappa shape index (κ2) is 11.2. The fourth-order valence-electron chi connectivity index (χ4n) is 3.81. The van der Waals surface area contributed by atoms with Gasteiger partial charge in [0.2, 0.25) is 5.76 Å². The van der Waals surface area contributed by atoms with Crippen molar-refractivity contribution in [3.05, 3.63) is 112 Å². The number of furan rings is 1. The summed E-state index contributed by atoms with van der Waals surface area (Å²) < 4.78 is 43.7. The number of hydrogen-bond acceptors (Lipinski definition) is 7. The summed E-state index contributed by atoms with van der Waals surface area (Å²) in [7, 11) is 0. The molecule has 0 bridgehead atoms. The van der Waals surface area contributed by atoms with Crippen LogP contribution in [0.1, 0.15) is 45.0 Å². The van der Waals surface area contributed by atoms with Gasteiger partial charge in [0.1, 0.15) is 0 Å². The molecule has 1 aromatic heterocycles. The fraction of sp³-hybridized carbons (Fsp3) is 0.111. The molecule has 10 nitrogen and oxygen atoms in total. The predicted molar refractivity (Wildman–Crippen MR) is 137 cm³/mol. The molecule has 0 saturated heterocycles. The molecule has 13 heteroatoms. The molecule has 1 atom stereocenters. The van der Waals surface area contributed by atoms with Crippen LogP contribution in [0.4, 0.5) is 24.5 Å². The first-order chi connectivity index (χ1) is 18.9. The zero-order chi connectivity index (χ0) is 29.0. The van der Waals surface area contributed by atoms with Crippen LogP contribution in [0.5, 0.6) is 5.75 Å². The maximum absolute atomic E-state index is 12.8. The number of aromatic hydroxyl groups is 1. The zero-order valence-electron chi connectivity index (χ0n) is 20.7. The van der Waals surface area contributed by atoms with Gasteiger partial charge in [-0.2, -0.15) is 13.2 Å². The van der Waals surface area contributed by atoms with E-state index in [9.17, 15) is 38.0 Å². The molecule has 4 aromatic rings. The van der Waals surface area contributed by atoms with Crippen LogP contribution in [0.15, 0.2) is 83.5 Å². The van der Waals surface area contributed by atoms with Gasteiger partial charge in [-0.15, -0.1) is 0 Å². The van der Waals surface area contributed by atoms with Crippen LogP contribution >= 0.6 is 0 Å². The number of phenolic OH excluding ortho intramolecular Hbond substituents is 1. The summed E-state index contributed by atoms with van der Waals surface area (Å²) in [5.41, 5.74) is 5.11. The third kappa shape index (κ3) is 6.20. The quantitative estimate of drug-likeness (QED) is 0.166. The van der Waals surface area contributed by atoms with Crippen molar-refractivity contribution in [1.29, 1.82) is 0 Å². The molecular formula is C27H21F3N4O6. The number of nitrogens with one attached hydrogen (secondary N) is 3. The lowest BCUT2D eigenvalue weighted by Crippen LogP contribution is -2.41. The molecule has 3 aromatic carbocycles. The predicted octanol–water partition coefficient (Wildman–Crippen LogP) is 5.83. The highest BCUT2D eigenvalue weighted by atomic mass is 19.4. The number of carbonyl (C=O) groups is 2.